The molecular weight excluding hydrogens is 332 g/mol. The maximum Gasteiger partial charge on any atom is 0.160 e. The maximum atomic E-state index is 5.37. The second kappa shape index (κ2) is 16.7. The summed E-state index contributed by atoms with van der Waals surface area (Å²) in [5.41, 5.74) is 1.34. The Balaban J connectivity index is 1.95. The van der Waals surface area contributed by atoms with Crippen molar-refractivity contribution in [3.63, 3.8) is 0 Å². The van der Waals surface area contributed by atoms with E-state index < -0.39 is 0 Å². The van der Waals surface area contributed by atoms with E-state index in [-0.39, 0.29) is 0 Å². The van der Waals surface area contributed by atoms with Gasteiger partial charge in [-0.25, -0.2) is 0 Å². The molecule has 0 fully saturated rings. The molecule has 0 N–H and O–H groups in total. The zero-order valence-corrected chi connectivity index (χ0v) is 18.1. The van der Waals surface area contributed by atoms with Crippen molar-refractivity contribution in [3.8, 4) is 11.5 Å². The van der Waals surface area contributed by atoms with Crippen molar-refractivity contribution in [2.24, 2.45) is 0 Å². The Kier molecular flexibility index (Phi) is 14.6. The van der Waals surface area contributed by atoms with Crippen molar-refractivity contribution < 1.29 is 9.47 Å². The molecule has 0 bridgehead atoms. The number of ether oxygens (including phenoxy) is 2. The van der Waals surface area contributed by atoms with Crippen molar-refractivity contribution >= 4 is 0 Å². The number of allylic oxidation sites excluding steroid dienone is 2. The van der Waals surface area contributed by atoms with E-state index in [1.54, 1.807) is 14.2 Å². The Labute approximate surface area is 168 Å². The zero-order valence-electron chi connectivity index (χ0n) is 18.1. The summed E-state index contributed by atoms with van der Waals surface area (Å²) >= 11 is 0. The highest BCUT2D eigenvalue weighted by Crippen LogP contribution is 2.28. The smallest absolute Gasteiger partial charge is 0.160 e. The molecule has 1 aromatic rings. The average molecular weight is 375 g/mol. The van der Waals surface area contributed by atoms with Crippen molar-refractivity contribution in [2.75, 3.05) is 14.2 Å². The molecule has 1 aromatic carbocycles. The minimum atomic E-state index is 0.811. The lowest BCUT2D eigenvalue weighted by Gasteiger charge is -2.09. The number of hydrogen-bond acceptors (Lipinski definition) is 2. The molecule has 0 aliphatic carbocycles. The van der Waals surface area contributed by atoms with Gasteiger partial charge >= 0.3 is 0 Å². The molecule has 0 saturated carbocycles. The van der Waals surface area contributed by atoms with Gasteiger partial charge in [-0.1, -0.05) is 76.5 Å². The minimum Gasteiger partial charge on any atom is -0.493 e. The van der Waals surface area contributed by atoms with Crippen LogP contribution in [0.25, 0.3) is 0 Å². The quantitative estimate of drug-likeness (QED) is 0.204. The van der Waals surface area contributed by atoms with E-state index in [1.165, 1.54) is 89.0 Å². The van der Waals surface area contributed by atoms with Gasteiger partial charge in [0.05, 0.1) is 14.2 Å². The molecule has 0 spiro atoms. The molecule has 2 heteroatoms. The third-order valence-corrected chi connectivity index (χ3v) is 5.18. The van der Waals surface area contributed by atoms with Crippen LogP contribution in [0.5, 0.6) is 11.5 Å². The van der Waals surface area contributed by atoms with Gasteiger partial charge in [0, 0.05) is 0 Å². The SMILES string of the molecule is CCCCCCCCC=CCCCCCCCc1ccc(OC)c(OC)c1. The van der Waals surface area contributed by atoms with Crippen LogP contribution in [0.15, 0.2) is 30.4 Å². The maximum absolute atomic E-state index is 5.37. The van der Waals surface area contributed by atoms with Crippen molar-refractivity contribution in [1.82, 2.24) is 0 Å². The summed E-state index contributed by atoms with van der Waals surface area (Å²) in [4.78, 5) is 0. The summed E-state index contributed by atoms with van der Waals surface area (Å²) < 4.78 is 10.7. The number of rotatable bonds is 17. The molecule has 0 radical (unpaired) electrons. The summed E-state index contributed by atoms with van der Waals surface area (Å²) in [6.07, 6.45) is 23.4. The molecule has 0 saturated heterocycles. The number of benzene rings is 1. The van der Waals surface area contributed by atoms with Crippen LogP contribution in [-0.2, 0) is 6.42 Å². The van der Waals surface area contributed by atoms with E-state index in [0.717, 1.165) is 17.9 Å². The number of unbranched alkanes of at least 4 members (excludes halogenated alkanes) is 11. The van der Waals surface area contributed by atoms with Crippen LogP contribution in [0.4, 0.5) is 0 Å². The van der Waals surface area contributed by atoms with Crippen molar-refractivity contribution in [2.45, 2.75) is 96.8 Å². The Bertz CT molecular complexity index is 493. The van der Waals surface area contributed by atoms with E-state index in [1.807, 2.05) is 6.07 Å². The topological polar surface area (TPSA) is 18.5 Å². The van der Waals surface area contributed by atoms with Crippen LogP contribution in [0, 0.1) is 0 Å². The highest BCUT2D eigenvalue weighted by molar-refractivity contribution is 5.42. The molecule has 154 valence electrons. The lowest BCUT2D eigenvalue weighted by molar-refractivity contribution is 0.354. The van der Waals surface area contributed by atoms with E-state index in [0.29, 0.717) is 0 Å². The summed E-state index contributed by atoms with van der Waals surface area (Å²) in [7, 11) is 3.38. The van der Waals surface area contributed by atoms with Crippen LogP contribution in [0.2, 0.25) is 0 Å². The highest BCUT2D eigenvalue weighted by Gasteiger charge is 2.04. The second-order valence-electron chi connectivity index (χ2n) is 7.52. The predicted molar refractivity (Wildman–Crippen MR) is 118 cm³/mol. The monoisotopic (exact) mass is 374 g/mol. The van der Waals surface area contributed by atoms with Gasteiger partial charge in [0.25, 0.3) is 0 Å². The lowest BCUT2D eigenvalue weighted by Crippen LogP contribution is -1.93. The second-order valence-corrected chi connectivity index (χ2v) is 7.52. The molecule has 0 aliphatic rings. The molecule has 0 unspecified atom stereocenters. The fourth-order valence-electron chi connectivity index (χ4n) is 3.44. The van der Waals surface area contributed by atoms with E-state index >= 15 is 0 Å². The summed E-state index contributed by atoms with van der Waals surface area (Å²) in [5.74, 6) is 1.65. The van der Waals surface area contributed by atoms with Crippen LogP contribution in [0.1, 0.15) is 96.0 Å². The van der Waals surface area contributed by atoms with Gasteiger partial charge in [0.15, 0.2) is 11.5 Å². The van der Waals surface area contributed by atoms with Crippen LogP contribution < -0.4 is 9.47 Å². The summed E-state index contributed by atoms with van der Waals surface area (Å²) in [6, 6.07) is 6.26. The van der Waals surface area contributed by atoms with Gasteiger partial charge in [-0.15, -0.1) is 0 Å². The summed E-state index contributed by atoms with van der Waals surface area (Å²) in [6.45, 7) is 2.28. The van der Waals surface area contributed by atoms with Crippen LogP contribution in [0.3, 0.4) is 0 Å². The molecule has 0 atom stereocenters. The Morgan fingerprint density at radius 1 is 0.667 bits per heavy atom. The van der Waals surface area contributed by atoms with E-state index in [9.17, 15) is 0 Å². The van der Waals surface area contributed by atoms with Crippen molar-refractivity contribution in [1.29, 1.82) is 0 Å². The number of methoxy groups -OCH3 is 2. The first-order valence-corrected chi connectivity index (χ1v) is 11.2. The summed E-state index contributed by atoms with van der Waals surface area (Å²) in [5, 5.41) is 0. The van der Waals surface area contributed by atoms with Crippen LogP contribution in [-0.4, -0.2) is 14.2 Å². The van der Waals surface area contributed by atoms with Gasteiger partial charge in [0.2, 0.25) is 0 Å². The van der Waals surface area contributed by atoms with Gasteiger partial charge < -0.3 is 9.47 Å². The molecule has 27 heavy (non-hydrogen) atoms. The molecule has 0 aliphatic heterocycles. The third kappa shape index (κ3) is 11.8. The van der Waals surface area contributed by atoms with Gasteiger partial charge in [-0.3, -0.25) is 0 Å². The van der Waals surface area contributed by atoms with Gasteiger partial charge in [-0.2, -0.15) is 0 Å². The number of hydrogen-bond donors (Lipinski definition) is 0. The average Bonchev–Trinajstić information content (AvgIpc) is 2.70. The minimum absolute atomic E-state index is 0.811. The molecule has 0 aromatic heterocycles. The van der Waals surface area contributed by atoms with Crippen LogP contribution >= 0.6 is 0 Å². The standard InChI is InChI=1S/C25H42O2/c1-4-5-6-7-8-9-10-11-12-13-14-15-16-17-18-19-23-20-21-24(26-2)25(22-23)27-3/h11-12,20-22H,4-10,13-19H2,1-3H3. The van der Waals surface area contributed by atoms with Gasteiger partial charge in [-0.05, 0) is 56.2 Å². The van der Waals surface area contributed by atoms with Crippen molar-refractivity contribution in [3.05, 3.63) is 35.9 Å². The first-order valence-electron chi connectivity index (χ1n) is 11.2. The molecule has 1 rings (SSSR count). The van der Waals surface area contributed by atoms with Gasteiger partial charge in [0.1, 0.15) is 0 Å². The largest absolute Gasteiger partial charge is 0.493 e. The first-order chi connectivity index (χ1) is 13.3. The Morgan fingerprint density at radius 3 is 1.81 bits per heavy atom. The molecule has 0 amide bonds. The molecule has 2 nitrogen and oxygen atoms in total. The van der Waals surface area contributed by atoms with E-state index in [2.05, 4.69) is 31.2 Å². The first kappa shape index (κ1) is 23.6. The fourth-order valence-corrected chi connectivity index (χ4v) is 3.44. The zero-order chi connectivity index (χ0) is 19.6. The molecule has 0 heterocycles. The predicted octanol–water partition coefficient (Wildman–Crippen LogP) is 7.89. The normalized spacial score (nSPS) is 11.2. The number of aryl methyl sites for hydroxylation is 1. The molecular formula is C25H42O2. The fraction of sp³-hybridized carbons (Fsp3) is 0.680. The lowest BCUT2D eigenvalue weighted by atomic mass is 10.0. The Morgan fingerprint density at radius 2 is 1.22 bits per heavy atom. The Hall–Kier alpha value is -1.44. The third-order valence-electron chi connectivity index (χ3n) is 5.18. The highest BCUT2D eigenvalue weighted by atomic mass is 16.5. The van der Waals surface area contributed by atoms with E-state index in [4.69, 9.17) is 9.47 Å².